The fourth-order valence-corrected chi connectivity index (χ4v) is 1.97. The van der Waals surface area contributed by atoms with Crippen LogP contribution in [-0.4, -0.2) is 5.11 Å². The van der Waals surface area contributed by atoms with Crippen molar-refractivity contribution in [3.05, 3.63) is 70.8 Å². The predicted octanol–water partition coefficient (Wildman–Crippen LogP) is 4.26. The van der Waals surface area contributed by atoms with Crippen LogP contribution in [0.4, 0.5) is 22.0 Å². The van der Waals surface area contributed by atoms with Crippen LogP contribution in [0.1, 0.15) is 22.8 Å². The van der Waals surface area contributed by atoms with E-state index in [0.29, 0.717) is 17.7 Å². The minimum absolute atomic E-state index is 0.00441. The summed E-state index contributed by atoms with van der Waals surface area (Å²) in [6.07, 6.45) is -6.03. The maximum Gasteiger partial charge on any atom is 0.419 e. The molecule has 0 radical (unpaired) electrons. The van der Waals surface area contributed by atoms with Crippen LogP contribution in [0.25, 0.3) is 0 Å². The van der Waals surface area contributed by atoms with E-state index in [1.807, 2.05) is 0 Å². The van der Waals surface area contributed by atoms with Crippen molar-refractivity contribution in [1.82, 2.24) is 0 Å². The number of rotatable bonds is 3. The zero-order valence-electron chi connectivity index (χ0n) is 10.7. The van der Waals surface area contributed by atoms with E-state index in [2.05, 4.69) is 0 Å². The van der Waals surface area contributed by atoms with Crippen LogP contribution in [0.15, 0.2) is 42.5 Å². The molecule has 2 aromatic rings. The van der Waals surface area contributed by atoms with Gasteiger partial charge in [-0.25, -0.2) is 8.78 Å². The van der Waals surface area contributed by atoms with Crippen LogP contribution in [0.5, 0.6) is 0 Å². The van der Waals surface area contributed by atoms with Crippen LogP contribution >= 0.6 is 0 Å². The van der Waals surface area contributed by atoms with Crippen molar-refractivity contribution in [3.8, 4) is 0 Å². The molecule has 112 valence electrons. The van der Waals surface area contributed by atoms with E-state index in [0.717, 1.165) is 6.07 Å². The smallest absolute Gasteiger partial charge is 0.388 e. The molecule has 0 saturated heterocycles. The van der Waals surface area contributed by atoms with Gasteiger partial charge in [0.05, 0.1) is 11.7 Å². The normalized spacial score (nSPS) is 13.2. The Balaban J connectivity index is 2.20. The Morgan fingerprint density at radius 2 is 1.71 bits per heavy atom. The number of aliphatic hydroxyl groups is 1. The summed E-state index contributed by atoms with van der Waals surface area (Å²) in [5.41, 5.74) is -0.920. The molecule has 1 unspecified atom stereocenters. The second-order valence-corrected chi connectivity index (χ2v) is 4.59. The van der Waals surface area contributed by atoms with Gasteiger partial charge >= 0.3 is 6.18 Å². The molecular formula is C15H11F5O. The molecule has 0 aliphatic heterocycles. The molecule has 0 spiro atoms. The van der Waals surface area contributed by atoms with E-state index >= 15 is 0 Å². The lowest BCUT2D eigenvalue weighted by Crippen LogP contribution is -2.10. The van der Waals surface area contributed by atoms with Gasteiger partial charge in [-0.1, -0.05) is 18.2 Å². The van der Waals surface area contributed by atoms with Crippen LogP contribution in [0.3, 0.4) is 0 Å². The molecule has 2 aromatic carbocycles. The highest BCUT2D eigenvalue weighted by Gasteiger charge is 2.34. The quantitative estimate of drug-likeness (QED) is 0.840. The van der Waals surface area contributed by atoms with Crippen LogP contribution in [-0.2, 0) is 12.6 Å². The molecule has 21 heavy (non-hydrogen) atoms. The molecule has 0 aromatic heterocycles. The van der Waals surface area contributed by atoms with Crippen LogP contribution < -0.4 is 0 Å². The SMILES string of the molecule is OC(Cc1cccc(F)c1)c1ccc(C(F)(F)F)c(F)c1. The second kappa shape index (κ2) is 5.81. The topological polar surface area (TPSA) is 20.2 Å². The average molecular weight is 302 g/mol. The molecule has 0 heterocycles. The summed E-state index contributed by atoms with van der Waals surface area (Å²) in [6.45, 7) is 0. The third-order valence-corrected chi connectivity index (χ3v) is 3.00. The van der Waals surface area contributed by atoms with Crippen molar-refractivity contribution >= 4 is 0 Å². The lowest BCUT2D eigenvalue weighted by Gasteiger charge is -2.14. The monoisotopic (exact) mass is 302 g/mol. The highest BCUT2D eigenvalue weighted by molar-refractivity contribution is 5.29. The lowest BCUT2D eigenvalue weighted by molar-refractivity contribution is -0.140. The summed E-state index contributed by atoms with van der Waals surface area (Å²) in [6, 6.07) is 7.68. The molecule has 0 bridgehead atoms. The Hall–Kier alpha value is -1.95. The first-order chi connectivity index (χ1) is 9.77. The number of aliphatic hydroxyl groups excluding tert-OH is 1. The number of hydrogen-bond donors (Lipinski definition) is 1. The molecule has 0 fully saturated rings. The molecule has 0 aliphatic carbocycles. The summed E-state index contributed by atoms with van der Waals surface area (Å²) < 4.78 is 63.7. The van der Waals surface area contributed by atoms with Gasteiger partial charge in [-0.2, -0.15) is 13.2 Å². The molecule has 0 amide bonds. The van der Waals surface area contributed by atoms with Gasteiger partial charge in [0.2, 0.25) is 0 Å². The van der Waals surface area contributed by atoms with Gasteiger partial charge in [0, 0.05) is 6.42 Å². The fraction of sp³-hybridized carbons (Fsp3) is 0.200. The minimum atomic E-state index is -4.78. The maximum absolute atomic E-state index is 13.4. The molecular weight excluding hydrogens is 291 g/mol. The van der Waals surface area contributed by atoms with Gasteiger partial charge in [0.25, 0.3) is 0 Å². The number of benzene rings is 2. The molecule has 1 atom stereocenters. The summed E-state index contributed by atoms with van der Waals surface area (Å²) in [5, 5.41) is 9.91. The number of halogens is 5. The van der Waals surface area contributed by atoms with Gasteiger partial charge < -0.3 is 5.11 Å². The molecule has 2 rings (SSSR count). The zero-order valence-corrected chi connectivity index (χ0v) is 10.7. The largest absolute Gasteiger partial charge is 0.419 e. The summed E-state index contributed by atoms with van der Waals surface area (Å²) >= 11 is 0. The van der Waals surface area contributed by atoms with E-state index in [-0.39, 0.29) is 12.0 Å². The molecule has 1 N–H and O–H groups in total. The molecule has 1 nitrogen and oxygen atoms in total. The summed E-state index contributed by atoms with van der Waals surface area (Å²) in [5.74, 6) is -1.93. The minimum Gasteiger partial charge on any atom is -0.388 e. The highest BCUT2D eigenvalue weighted by atomic mass is 19.4. The van der Waals surface area contributed by atoms with Crippen LogP contribution in [0.2, 0.25) is 0 Å². The van der Waals surface area contributed by atoms with Gasteiger partial charge in [-0.05, 0) is 35.4 Å². The second-order valence-electron chi connectivity index (χ2n) is 4.59. The van der Waals surface area contributed by atoms with Crippen LogP contribution in [0, 0.1) is 11.6 Å². The molecule has 0 aliphatic rings. The van der Waals surface area contributed by atoms with Crippen molar-refractivity contribution in [3.63, 3.8) is 0 Å². The Bertz CT molecular complexity index is 636. The Labute approximate surface area is 117 Å². The van der Waals surface area contributed by atoms with Crippen molar-refractivity contribution in [2.75, 3.05) is 0 Å². The summed E-state index contributed by atoms with van der Waals surface area (Å²) in [4.78, 5) is 0. The van der Waals surface area contributed by atoms with E-state index in [1.165, 1.54) is 18.2 Å². The van der Waals surface area contributed by atoms with Crippen molar-refractivity contribution in [1.29, 1.82) is 0 Å². The standard InChI is InChI=1S/C15H11F5O/c16-11-3-1-2-9(6-11)7-14(21)10-4-5-12(13(17)8-10)15(18,19)20/h1-6,8,14,21H,7H2. The number of alkyl halides is 3. The first-order valence-electron chi connectivity index (χ1n) is 6.06. The summed E-state index contributed by atoms with van der Waals surface area (Å²) in [7, 11) is 0. The first kappa shape index (κ1) is 15.4. The van der Waals surface area contributed by atoms with Crippen molar-refractivity contribution in [2.24, 2.45) is 0 Å². The zero-order chi connectivity index (χ0) is 15.6. The van der Waals surface area contributed by atoms with Gasteiger partial charge in [0.1, 0.15) is 11.6 Å². The van der Waals surface area contributed by atoms with E-state index in [9.17, 15) is 27.1 Å². The highest BCUT2D eigenvalue weighted by Crippen LogP contribution is 2.32. The lowest BCUT2D eigenvalue weighted by atomic mass is 10.00. The average Bonchev–Trinajstić information content (AvgIpc) is 2.37. The predicted molar refractivity (Wildman–Crippen MR) is 66.5 cm³/mol. The van der Waals surface area contributed by atoms with Gasteiger partial charge in [-0.3, -0.25) is 0 Å². The Morgan fingerprint density at radius 3 is 2.29 bits per heavy atom. The third-order valence-electron chi connectivity index (χ3n) is 3.00. The molecule has 0 saturated carbocycles. The van der Waals surface area contributed by atoms with Gasteiger partial charge in [0.15, 0.2) is 0 Å². The number of hydrogen-bond acceptors (Lipinski definition) is 1. The van der Waals surface area contributed by atoms with E-state index in [1.54, 1.807) is 6.07 Å². The van der Waals surface area contributed by atoms with Crippen molar-refractivity contribution < 1.29 is 27.1 Å². The van der Waals surface area contributed by atoms with Gasteiger partial charge in [-0.15, -0.1) is 0 Å². The fourth-order valence-electron chi connectivity index (χ4n) is 1.97. The van der Waals surface area contributed by atoms with E-state index < -0.39 is 29.5 Å². The Morgan fingerprint density at radius 1 is 1.00 bits per heavy atom. The first-order valence-corrected chi connectivity index (χ1v) is 6.06. The molecule has 6 heteroatoms. The van der Waals surface area contributed by atoms with E-state index in [4.69, 9.17) is 0 Å². The third kappa shape index (κ3) is 3.78. The maximum atomic E-state index is 13.4. The Kier molecular flexibility index (Phi) is 4.27. The van der Waals surface area contributed by atoms with Crippen molar-refractivity contribution in [2.45, 2.75) is 18.7 Å².